The molecule has 0 aromatic heterocycles. The summed E-state index contributed by atoms with van der Waals surface area (Å²) in [7, 11) is -3.57. The predicted octanol–water partition coefficient (Wildman–Crippen LogP) is 5.57. The standard InChI is InChI=1S/C36H42ClN3O7S/c1-5-46-35(43)36(2,3)25-18-14-23(15-19-25)22-47-38-33(41)31-27-10-6-7-11-28(27)34(42)40(32(31)24-16-20-26(37)21-17-24)30-13-9-8-12-29(30)39-48(4,44)45/h6-7,10-11,14-21,29-32,39H,5,8-9,12-13,22H2,1-4H3,(H,38,41)/t29-,30-,31+,32-/m0/s1. The highest BCUT2D eigenvalue weighted by Gasteiger charge is 2.49. The number of rotatable bonds is 11. The Kier molecular flexibility index (Phi) is 10.9. The Morgan fingerprint density at radius 1 is 0.979 bits per heavy atom. The second kappa shape index (κ2) is 14.8. The molecule has 0 bridgehead atoms. The van der Waals surface area contributed by atoms with Crippen molar-refractivity contribution >= 4 is 39.4 Å². The van der Waals surface area contributed by atoms with Gasteiger partial charge < -0.3 is 9.64 Å². The van der Waals surface area contributed by atoms with Crippen molar-refractivity contribution in [2.75, 3.05) is 12.9 Å². The molecule has 0 radical (unpaired) electrons. The number of hydroxylamine groups is 1. The molecule has 2 aliphatic rings. The summed E-state index contributed by atoms with van der Waals surface area (Å²) in [6.07, 6.45) is 3.87. The molecule has 2 amide bonds. The summed E-state index contributed by atoms with van der Waals surface area (Å²) in [4.78, 5) is 48.5. The van der Waals surface area contributed by atoms with E-state index in [9.17, 15) is 22.8 Å². The number of carbonyl (C=O) groups excluding carboxylic acids is 3. The number of esters is 1. The molecule has 10 nitrogen and oxygen atoms in total. The SMILES string of the molecule is CCOC(=O)C(C)(C)c1ccc(CONC(=O)[C@@H]2c3ccccc3C(=O)N([C@H]3CCCC[C@@H]3NS(C)(=O)=O)[C@H]2c2ccc(Cl)cc2)cc1. The van der Waals surface area contributed by atoms with Crippen LogP contribution in [0.4, 0.5) is 0 Å². The molecule has 3 aromatic carbocycles. The van der Waals surface area contributed by atoms with Crippen LogP contribution in [0.1, 0.15) is 91.0 Å². The van der Waals surface area contributed by atoms with Crippen LogP contribution >= 0.6 is 11.6 Å². The van der Waals surface area contributed by atoms with Crippen LogP contribution in [-0.2, 0) is 41.2 Å². The van der Waals surface area contributed by atoms with E-state index in [2.05, 4.69) is 10.2 Å². The van der Waals surface area contributed by atoms with Crippen molar-refractivity contribution in [2.24, 2.45) is 0 Å². The lowest BCUT2D eigenvalue weighted by molar-refractivity contribution is -0.148. The summed E-state index contributed by atoms with van der Waals surface area (Å²) in [6, 6.07) is 19.6. The molecule has 1 saturated carbocycles. The molecule has 5 rings (SSSR count). The number of sulfonamides is 1. The van der Waals surface area contributed by atoms with Gasteiger partial charge in [0.1, 0.15) is 0 Å². The first-order valence-corrected chi connectivity index (χ1v) is 18.4. The van der Waals surface area contributed by atoms with Crippen LogP contribution in [0.3, 0.4) is 0 Å². The van der Waals surface area contributed by atoms with Gasteiger partial charge in [-0.1, -0.05) is 79.0 Å². The Bertz CT molecular complexity index is 1750. The first-order valence-electron chi connectivity index (χ1n) is 16.1. The molecule has 1 fully saturated rings. The zero-order valence-corrected chi connectivity index (χ0v) is 29.1. The van der Waals surface area contributed by atoms with Gasteiger partial charge in [0.15, 0.2) is 0 Å². The van der Waals surface area contributed by atoms with Gasteiger partial charge in [-0.15, -0.1) is 0 Å². The van der Waals surface area contributed by atoms with E-state index in [1.807, 2.05) is 24.3 Å². The predicted molar refractivity (Wildman–Crippen MR) is 183 cm³/mol. The molecule has 1 heterocycles. The van der Waals surface area contributed by atoms with E-state index in [0.29, 0.717) is 41.2 Å². The molecule has 1 aliphatic carbocycles. The van der Waals surface area contributed by atoms with Crippen molar-refractivity contribution in [2.45, 2.75) is 82.5 Å². The molecule has 48 heavy (non-hydrogen) atoms. The third-order valence-corrected chi connectivity index (χ3v) is 10.2. The lowest BCUT2D eigenvalue weighted by Gasteiger charge is -2.49. The van der Waals surface area contributed by atoms with Crippen LogP contribution in [0, 0.1) is 0 Å². The number of fused-ring (bicyclic) bond motifs is 1. The van der Waals surface area contributed by atoms with E-state index in [1.54, 1.807) is 74.2 Å². The maximum Gasteiger partial charge on any atom is 0.315 e. The van der Waals surface area contributed by atoms with Gasteiger partial charge in [0, 0.05) is 22.7 Å². The van der Waals surface area contributed by atoms with E-state index < -0.39 is 45.4 Å². The van der Waals surface area contributed by atoms with Crippen LogP contribution in [0.2, 0.25) is 5.02 Å². The van der Waals surface area contributed by atoms with E-state index in [0.717, 1.165) is 30.2 Å². The third-order valence-electron chi connectivity index (χ3n) is 9.20. The van der Waals surface area contributed by atoms with Crippen molar-refractivity contribution in [3.8, 4) is 0 Å². The Morgan fingerprint density at radius 3 is 2.31 bits per heavy atom. The van der Waals surface area contributed by atoms with Gasteiger partial charge in [-0.05, 0) is 74.1 Å². The average Bonchev–Trinajstić information content (AvgIpc) is 3.05. The highest BCUT2D eigenvalue weighted by molar-refractivity contribution is 7.88. The van der Waals surface area contributed by atoms with Gasteiger partial charge in [0.2, 0.25) is 10.0 Å². The highest BCUT2D eigenvalue weighted by atomic mass is 35.5. The molecule has 12 heteroatoms. The van der Waals surface area contributed by atoms with Gasteiger partial charge in [0.25, 0.3) is 11.8 Å². The van der Waals surface area contributed by atoms with E-state index in [4.69, 9.17) is 21.2 Å². The third kappa shape index (κ3) is 7.75. The number of nitrogens with zero attached hydrogens (tertiary/aromatic N) is 1. The monoisotopic (exact) mass is 695 g/mol. The molecule has 2 N–H and O–H groups in total. The normalized spacial score (nSPS) is 21.4. The quantitative estimate of drug-likeness (QED) is 0.198. The lowest BCUT2D eigenvalue weighted by atomic mass is 9.76. The largest absolute Gasteiger partial charge is 0.465 e. The number of hydrogen-bond donors (Lipinski definition) is 2. The number of halogens is 1. The Hall–Kier alpha value is -3.77. The topological polar surface area (TPSA) is 131 Å². The zero-order chi connectivity index (χ0) is 34.6. The summed E-state index contributed by atoms with van der Waals surface area (Å²) < 4.78 is 32.8. The van der Waals surface area contributed by atoms with Crippen molar-refractivity contribution in [3.63, 3.8) is 0 Å². The Labute approximate surface area is 287 Å². The molecular formula is C36H42ClN3O7S. The summed E-state index contributed by atoms with van der Waals surface area (Å²) in [5.41, 5.74) is 4.98. The molecule has 4 atom stereocenters. The number of hydrogen-bond acceptors (Lipinski definition) is 7. The molecule has 1 aliphatic heterocycles. The fourth-order valence-corrected chi connectivity index (χ4v) is 7.72. The molecule has 256 valence electrons. The number of benzene rings is 3. The fourth-order valence-electron chi connectivity index (χ4n) is 6.77. The van der Waals surface area contributed by atoms with Crippen molar-refractivity contribution in [1.82, 2.24) is 15.1 Å². The minimum atomic E-state index is -3.57. The van der Waals surface area contributed by atoms with Crippen molar-refractivity contribution in [1.29, 1.82) is 0 Å². The highest BCUT2D eigenvalue weighted by Crippen LogP contribution is 2.46. The van der Waals surface area contributed by atoms with Crippen LogP contribution in [0.5, 0.6) is 0 Å². The fraction of sp³-hybridized carbons (Fsp3) is 0.417. The van der Waals surface area contributed by atoms with Gasteiger partial charge in [-0.2, -0.15) is 0 Å². The molecule has 3 aromatic rings. The van der Waals surface area contributed by atoms with Gasteiger partial charge >= 0.3 is 5.97 Å². The second-order valence-corrected chi connectivity index (χ2v) is 15.1. The van der Waals surface area contributed by atoms with Gasteiger partial charge in [-0.3, -0.25) is 19.2 Å². The lowest BCUT2D eigenvalue weighted by Crippen LogP contribution is -2.59. The zero-order valence-electron chi connectivity index (χ0n) is 27.6. The summed E-state index contributed by atoms with van der Waals surface area (Å²) in [5, 5.41) is 0.503. The molecule has 0 spiro atoms. The number of nitrogens with one attached hydrogen (secondary N) is 2. The number of carbonyl (C=O) groups is 3. The van der Waals surface area contributed by atoms with E-state index in [-0.39, 0.29) is 18.5 Å². The van der Waals surface area contributed by atoms with E-state index in [1.165, 1.54) is 0 Å². The first-order chi connectivity index (χ1) is 22.8. The second-order valence-electron chi connectivity index (χ2n) is 12.9. The van der Waals surface area contributed by atoms with Crippen LogP contribution in [0.15, 0.2) is 72.8 Å². The van der Waals surface area contributed by atoms with Gasteiger partial charge in [0.05, 0.1) is 36.8 Å². The number of ether oxygens (including phenoxy) is 1. The Balaban J connectivity index is 1.45. The maximum absolute atomic E-state index is 14.4. The smallest absolute Gasteiger partial charge is 0.315 e. The minimum Gasteiger partial charge on any atom is -0.465 e. The molecule has 0 unspecified atom stereocenters. The van der Waals surface area contributed by atoms with Gasteiger partial charge in [-0.25, -0.2) is 18.6 Å². The van der Waals surface area contributed by atoms with Crippen molar-refractivity contribution in [3.05, 3.63) is 106 Å². The number of amides is 2. The summed E-state index contributed by atoms with van der Waals surface area (Å²) in [6.45, 7) is 5.72. The molecular weight excluding hydrogens is 654 g/mol. The summed E-state index contributed by atoms with van der Waals surface area (Å²) >= 11 is 6.25. The average molecular weight is 696 g/mol. The van der Waals surface area contributed by atoms with Crippen LogP contribution in [0.25, 0.3) is 0 Å². The van der Waals surface area contributed by atoms with Crippen LogP contribution in [-0.4, -0.2) is 56.0 Å². The summed E-state index contributed by atoms with van der Waals surface area (Å²) in [5.74, 6) is -1.92. The maximum atomic E-state index is 14.4. The van der Waals surface area contributed by atoms with E-state index >= 15 is 0 Å². The van der Waals surface area contributed by atoms with Crippen LogP contribution < -0.4 is 10.2 Å². The first kappa shape index (κ1) is 35.5. The minimum absolute atomic E-state index is 0.0530. The Morgan fingerprint density at radius 2 is 1.65 bits per heavy atom. The molecule has 0 saturated heterocycles. The van der Waals surface area contributed by atoms with Crippen molar-refractivity contribution < 1.29 is 32.4 Å².